The maximum Gasteiger partial charge on any atom is 0.226 e. The Labute approximate surface area is 123 Å². The summed E-state index contributed by atoms with van der Waals surface area (Å²) in [7, 11) is 0. The second-order valence-electron chi connectivity index (χ2n) is 4.99. The second kappa shape index (κ2) is 6.70. The molecule has 0 aliphatic carbocycles. The molecule has 2 rings (SSSR count). The summed E-state index contributed by atoms with van der Waals surface area (Å²) in [6, 6.07) is 4.04. The van der Waals surface area contributed by atoms with Crippen LogP contribution in [0.5, 0.6) is 0 Å². The van der Waals surface area contributed by atoms with Crippen LogP contribution >= 0.6 is 11.3 Å². The van der Waals surface area contributed by atoms with Gasteiger partial charge in [-0.25, -0.2) is 4.98 Å². The quantitative estimate of drug-likeness (QED) is 0.885. The van der Waals surface area contributed by atoms with Crippen molar-refractivity contribution in [3.05, 3.63) is 29.0 Å². The van der Waals surface area contributed by atoms with Crippen molar-refractivity contribution in [3.63, 3.8) is 0 Å². The lowest BCUT2D eigenvalue weighted by molar-refractivity contribution is -0.121. The molecule has 2 aromatic rings. The van der Waals surface area contributed by atoms with Crippen molar-refractivity contribution in [2.75, 3.05) is 0 Å². The standard InChI is InChI=1S/C15H20N2O2S/c1-4-5-10(2)16-14(18)8-12-9-20-15(17-12)13-7-6-11(3)19-13/h6-7,9-10H,4-5,8H2,1-3H3,(H,16,18). The number of rotatable bonds is 6. The molecule has 2 heterocycles. The lowest BCUT2D eigenvalue weighted by atomic mass is 10.2. The number of aryl methyl sites for hydroxylation is 1. The van der Waals surface area contributed by atoms with Gasteiger partial charge in [0.25, 0.3) is 0 Å². The number of aromatic nitrogens is 1. The van der Waals surface area contributed by atoms with Gasteiger partial charge in [0.05, 0.1) is 12.1 Å². The molecule has 0 bridgehead atoms. The van der Waals surface area contributed by atoms with E-state index in [-0.39, 0.29) is 11.9 Å². The summed E-state index contributed by atoms with van der Waals surface area (Å²) >= 11 is 1.50. The lowest BCUT2D eigenvalue weighted by Crippen LogP contribution is -2.33. The Kier molecular flexibility index (Phi) is 4.95. The highest BCUT2D eigenvalue weighted by Crippen LogP contribution is 2.25. The summed E-state index contributed by atoms with van der Waals surface area (Å²) in [5, 5.41) is 5.72. The molecule has 108 valence electrons. The van der Waals surface area contributed by atoms with Crippen molar-refractivity contribution in [2.24, 2.45) is 0 Å². The van der Waals surface area contributed by atoms with E-state index in [9.17, 15) is 4.79 Å². The molecule has 5 heteroatoms. The summed E-state index contributed by atoms with van der Waals surface area (Å²) in [6.07, 6.45) is 2.39. The molecule has 4 nitrogen and oxygen atoms in total. The number of hydrogen-bond donors (Lipinski definition) is 1. The number of furan rings is 1. The summed E-state index contributed by atoms with van der Waals surface area (Å²) in [6.45, 7) is 6.04. The molecule has 1 unspecified atom stereocenters. The van der Waals surface area contributed by atoms with E-state index < -0.39 is 0 Å². The molecule has 1 amide bonds. The monoisotopic (exact) mass is 292 g/mol. The summed E-state index contributed by atoms with van der Waals surface area (Å²) in [5.74, 6) is 1.65. The van der Waals surface area contributed by atoms with Gasteiger partial charge in [-0.15, -0.1) is 11.3 Å². The number of nitrogens with zero attached hydrogens (tertiary/aromatic N) is 1. The van der Waals surface area contributed by atoms with E-state index >= 15 is 0 Å². The van der Waals surface area contributed by atoms with Crippen LogP contribution in [0.2, 0.25) is 0 Å². The SMILES string of the molecule is CCCC(C)NC(=O)Cc1csc(-c2ccc(C)o2)n1. The van der Waals surface area contributed by atoms with Crippen LogP contribution in [-0.4, -0.2) is 16.9 Å². The molecule has 0 aliphatic rings. The number of nitrogens with one attached hydrogen (secondary N) is 1. The van der Waals surface area contributed by atoms with Gasteiger partial charge in [-0.1, -0.05) is 13.3 Å². The van der Waals surface area contributed by atoms with E-state index in [2.05, 4.69) is 17.2 Å². The number of carbonyl (C=O) groups is 1. The fraction of sp³-hybridized carbons (Fsp3) is 0.467. The maximum atomic E-state index is 11.9. The van der Waals surface area contributed by atoms with E-state index in [1.54, 1.807) is 0 Å². The molecular formula is C15H20N2O2S. The Morgan fingerprint density at radius 1 is 1.50 bits per heavy atom. The summed E-state index contributed by atoms with van der Waals surface area (Å²) < 4.78 is 5.53. The van der Waals surface area contributed by atoms with Crippen molar-refractivity contribution in [1.29, 1.82) is 0 Å². The van der Waals surface area contributed by atoms with E-state index in [1.807, 2.05) is 31.4 Å². The van der Waals surface area contributed by atoms with Crippen LogP contribution in [0.25, 0.3) is 10.8 Å². The topological polar surface area (TPSA) is 55.1 Å². The second-order valence-corrected chi connectivity index (χ2v) is 5.85. The van der Waals surface area contributed by atoms with E-state index in [1.165, 1.54) is 11.3 Å². The molecule has 0 aliphatic heterocycles. The highest BCUT2D eigenvalue weighted by Gasteiger charge is 2.12. The molecule has 0 spiro atoms. The number of amides is 1. The zero-order valence-electron chi connectivity index (χ0n) is 12.1. The van der Waals surface area contributed by atoms with Gasteiger partial charge in [0, 0.05) is 11.4 Å². The molecule has 0 radical (unpaired) electrons. The third-order valence-corrected chi connectivity index (χ3v) is 3.88. The number of carbonyl (C=O) groups excluding carboxylic acids is 1. The normalized spacial score (nSPS) is 12.3. The van der Waals surface area contributed by atoms with Crippen LogP contribution in [-0.2, 0) is 11.2 Å². The Bertz CT molecular complexity index is 574. The van der Waals surface area contributed by atoms with Crippen LogP contribution in [0, 0.1) is 6.92 Å². The molecule has 1 atom stereocenters. The Balaban J connectivity index is 1.94. The summed E-state index contributed by atoms with van der Waals surface area (Å²) in [5.41, 5.74) is 0.792. The molecule has 20 heavy (non-hydrogen) atoms. The largest absolute Gasteiger partial charge is 0.459 e. The van der Waals surface area contributed by atoms with Crippen molar-refractivity contribution >= 4 is 17.2 Å². The molecule has 0 aromatic carbocycles. The minimum atomic E-state index is 0.0263. The Hall–Kier alpha value is -1.62. The van der Waals surface area contributed by atoms with Crippen LogP contribution in [0.15, 0.2) is 21.9 Å². The molecule has 2 aromatic heterocycles. The lowest BCUT2D eigenvalue weighted by Gasteiger charge is -2.11. The van der Waals surface area contributed by atoms with Gasteiger partial charge < -0.3 is 9.73 Å². The van der Waals surface area contributed by atoms with Gasteiger partial charge in [-0.05, 0) is 32.4 Å². The smallest absolute Gasteiger partial charge is 0.226 e. The highest BCUT2D eigenvalue weighted by atomic mass is 32.1. The maximum absolute atomic E-state index is 11.9. The third-order valence-electron chi connectivity index (χ3n) is 2.97. The van der Waals surface area contributed by atoms with Crippen molar-refractivity contribution < 1.29 is 9.21 Å². The first-order valence-electron chi connectivity index (χ1n) is 6.89. The van der Waals surface area contributed by atoms with Gasteiger partial charge in [-0.2, -0.15) is 0 Å². The average molecular weight is 292 g/mol. The first-order chi connectivity index (χ1) is 9.58. The third kappa shape index (κ3) is 3.93. The van der Waals surface area contributed by atoms with Crippen LogP contribution in [0.1, 0.15) is 38.1 Å². The zero-order valence-corrected chi connectivity index (χ0v) is 12.9. The Morgan fingerprint density at radius 2 is 2.30 bits per heavy atom. The number of hydrogen-bond acceptors (Lipinski definition) is 4. The predicted octanol–water partition coefficient (Wildman–Crippen LogP) is 3.56. The van der Waals surface area contributed by atoms with E-state index in [0.29, 0.717) is 6.42 Å². The van der Waals surface area contributed by atoms with Gasteiger partial charge in [0.2, 0.25) is 5.91 Å². The minimum Gasteiger partial charge on any atom is -0.459 e. The van der Waals surface area contributed by atoms with Gasteiger partial charge in [0.1, 0.15) is 5.76 Å². The van der Waals surface area contributed by atoms with Gasteiger partial charge in [-0.3, -0.25) is 4.79 Å². The molecule has 0 saturated heterocycles. The highest BCUT2D eigenvalue weighted by molar-refractivity contribution is 7.13. The van der Waals surface area contributed by atoms with E-state index in [4.69, 9.17) is 4.42 Å². The molecule has 1 N–H and O–H groups in total. The molecular weight excluding hydrogens is 272 g/mol. The van der Waals surface area contributed by atoms with E-state index in [0.717, 1.165) is 35.1 Å². The first-order valence-corrected chi connectivity index (χ1v) is 7.77. The Morgan fingerprint density at radius 3 is 2.95 bits per heavy atom. The number of thiazole rings is 1. The summed E-state index contributed by atoms with van der Waals surface area (Å²) in [4.78, 5) is 16.3. The molecule has 0 saturated carbocycles. The zero-order chi connectivity index (χ0) is 14.5. The van der Waals surface area contributed by atoms with Crippen molar-refractivity contribution in [3.8, 4) is 10.8 Å². The van der Waals surface area contributed by atoms with Crippen molar-refractivity contribution in [1.82, 2.24) is 10.3 Å². The fourth-order valence-corrected chi connectivity index (χ4v) is 2.83. The average Bonchev–Trinajstić information content (AvgIpc) is 2.98. The predicted molar refractivity (Wildman–Crippen MR) is 80.8 cm³/mol. The molecule has 0 fully saturated rings. The first kappa shape index (κ1) is 14.8. The van der Waals surface area contributed by atoms with Gasteiger partial charge in [0.15, 0.2) is 10.8 Å². The van der Waals surface area contributed by atoms with Gasteiger partial charge >= 0.3 is 0 Å². The fourth-order valence-electron chi connectivity index (χ4n) is 2.05. The van der Waals surface area contributed by atoms with Crippen LogP contribution < -0.4 is 5.32 Å². The van der Waals surface area contributed by atoms with Crippen molar-refractivity contribution in [2.45, 2.75) is 46.1 Å². The van der Waals surface area contributed by atoms with Crippen LogP contribution in [0.3, 0.4) is 0 Å². The minimum absolute atomic E-state index is 0.0263. The van der Waals surface area contributed by atoms with Crippen LogP contribution in [0.4, 0.5) is 0 Å².